The number of likely N-dealkylation sites (tertiary alicyclic amines) is 1. The predicted molar refractivity (Wildman–Crippen MR) is 124 cm³/mol. The molecule has 31 heavy (non-hydrogen) atoms. The van der Waals surface area contributed by atoms with Crippen LogP contribution >= 0.6 is 12.4 Å². The minimum Gasteiger partial charge on any atom is -0.310 e. The number of rotatable bonds is 7. The fraction of sp³-hybridized carbons (Fsp3) is 0.364. The van der Waals surface area contributed by atoms with Crippen LogP contribution in [-0.2, 0) is 11.3 Å². The van der Waals surface area contributed by atoms with E-state index in [2.05, 4.69) is 25.5 Å². The van der Waals surface area contributed by atoms with E-state index in [0.29, 0.717) is 18.4 Å². The van der Waals surface area contributed by atoms with E-state index in [1.54, 1.807) is 16.8 Å². The first-order chi connectivity index (χ1) is 14.7. The summed E-state index contributed by atoms with van der Waals surface area (Å²) < 4.78 is 1.80. The summed E-state index contributed by atoms with van der Waals surface area (Å²) >= 11 is 0. The maximum Gasteiger partial charge on any atom is 0.269 e. The normalized spacial score (nSPS) is 14.8. The van der Waals surface area contributed by atoms with Crippen molar-refractivity contribution in [3.8, 4) is 0 Å². The third-order valence-electron chi connectivity index (χ3n) is 5.46. The minimum absolute atomic E-state index is 0. The summed E-state index contributed by atoms with van der Waals surface area (Å²) in [5.41, 5.74) is 1.65. The second-order valence-electron chi connectivity index (χ2n) is 7.50. The zero-order chi connectivity index (χ0) is 20.8. The average molecular weight is 443 g/mol. The largest absolute Gasteiger partial charge is 0.310 e. The molecule has 0 bridgehead atoms. The molecule has 8 nitrogen and oxygen atoms in total. The Hall–Kier alpha value is -2.81. The molecule has 2 N–H and O–H groups in total. The number of benzene rings is 1. The van der Waals surface area contributed by atoms with Crippen LogP contribution in [0.15, 0.2) is 59.7 Å². The van der Waals surface area contributed by atoms with E-state index >= 15 is 0 Å². The van der Waals surface area contributed by atoms with E-state index in [-0.39, 0.29) is 30.4 Å². The molecule has 0 aliphatic carbocycles. The Morgan fingerprint density at radius 3 is 2.58 bits per heavy atom. The van der Waals surface area contributed by atoms with Gasteiger partial charge in [-0.05, 0) is 50.2 Å². The molecule has 4 rings (SSSR count). The number of nitrogens with zero attached hydrogens (tertiary/aromatic N) is 4. The molecular weight excluding hydrogens is 416 g/mol. The molecule has 1 amide bonds. The number of amides is 1. The molecule has 1 saturated heterocycles. The summed E-state index contributed by atoms with van der Waals surface area (Å²) in [7, 11) is 0. The Bertz CT molecular complexity index is 1050. The van der Waals surface area contributed by atoms with Crippen molar-refractivity contribution in [2.75, 3.05) is 31.5 Å². The third-order valence-corrected chi connectivity index (χ3v) is 5.46. The van der Waals surface area contributed by atoms with Gasteiger partial charge in [-0.3, -0.25) is 9.59 Å². The van der Waals surface area contributed by atoms with Crippen molar-refractivity contribution in [1.82, 2.24) is 24.8 Å². The van der Waals surface area contributed by atoms with Crippen LogP contribution in [-0.4, -0.2) is 57.6 Å². The van der Waals surface area contributed by atoms with Crippen LogP contribution in [0.25, 0.3) is 11.0 Å². The molecule has 3 aromatic rings. The molecule has 0 radical (unpaired) electrons. The summed E-state index contributed by atoms with van der Waals surface area (Å²) in [5.74, 6) is 0.484. The number of fused-ring (bicyclic) bond motifs is 1. The number of carbonyl (C=O) groups is 1. The first-order valence-corrected chi connectivity index (χ1v) is 10.3. The summed E-state index contributed by atoms with van der Waals surface area (Å²) in [4.78, 5) is 35.0. The summed E-state index contributed by atoms with van der Waals surface area (Å²) in [6.07, 6.45) is 5.00. The standard InChI is InChI=1S/C22H26N6O2.ClH/c29-21(26-20-7-3-4-10-23-20)15-24-17-8-11-27(12-9-17)13-14-28-19-6-2-1-5-18(19)25-16-22(28)30;/h1-7,10,16-17,24H,8-9,11-15H2,(H,23,26,29);1H. The zero-order valence-corrected chi connectivity index (χ0v) is 18.1. The SMILES string of the molecule is Cl.O=C(CNC1CCN(CCn2c(=O)cnc3ccccc32)CC1)Nc1ccccn1. The lowest BCUT2D eigenvalue weighted by atomic mass is 10.1. The van der Waals surface area contributed by atoms with Gasteiger partial charge >= 0.3 is 0 Å². The number of piperidine rings is 1. The number of carbonyl (C=O) groups excluding carboxylic acids is 1. The quantitative estimate of drug-likeness (QED) is 0.580. The minimum atomic E-state index is -0.0833. The lowest BCUT2D eigenvalue weighted by Gasteiger charge is -2.32. The van der Waals surface area contributed by atoms with Crippen molar-refractivity contribution in [3.63, 3.8) is 0 Å². The number of aromatic nitrogens is 3. The van der Waals surface area contributed by atoms with Crippen molar-refractivity contribution in [1.29, 1.82) is 0 Å². The number of hydrogen-bond donors (Lipinski definition) is 2. The molecule has 0 saturated carbocycles. The molecule has 0 spiro atoms. The van der Waals surface area contributed by atoms with Crippen molar-refractivity contribution in [3.05, 3.63) is 65.2 Å². The lowest BCUT2D eigenvalue weighted by molar-refractivity contribution is -0.115. The lowest BCUT2D eigenvalue weighted by Crippen LogP contribution is -2.45. The molecule has 1 aliphatic rings. The fourth-order valence-corrected chi connectivity index (χ4v) is 3.81. The highest BCUT2D eigenvalue weighted by atomic mass is 35.5. The highest BCUT2D eigenvalue weighted by molar-refractivity contribution is 5.91. The Morgan fingerprint density at radius 1 is 1.03 bits per heavy atom. The summed E-state index contributed by atoms with van der Waals surface area (Å²) in [5, 5.41) is 6.13. The van der Waals surface area contributed by atoms with Gasteiger partial charge in [0.25, 0.3) is 5.56 Å². The maximum absolute atomic E-state index is 12.3. The fourth-order valence-electron chi connectivity index (χ4n) is 3.81. The summed E-state index contributed by atoms with van der Waals surface area (Å²) in [6, 6.07) is 13.5. The van der Waals surface area contributed by atoms with Crippen LogP contribution in [0.4, 0.5) is 5.82 Å². The third kappa shape index (κ3) is 6.10. The Kier molecular flexibility index (Phi) is 8.11. The van der Waals surface area contributed by atoms with Gasteiger partial charge in [0.2, 0.25) is 5.91 Å². The van der Waals surface area contributed by atoms with Crippen molar-refractivity contribution >= 4 is 35.2 Å². The number of anilines is 1. The molecule has 0 unspecified atom stereocenters. The van der Waals surface area contributed by atoms with Gasteiger partial charge in [-0.25, -0.2) is 9.97 Å². The van der Waals surface area contributed by atoms with Crippen LogP contribution in [0.5, 0.6) is 0 Å². The highest BCUT2D eigenvalue weighted by Crippen LogP contribution is 2.12. The van der Waals surface area contributed by atoms with E-state index in [1.165, 1.54) is 6.20 Å². The summed E-state index contributed by atoms with van der Waals surface area (Å²) in [6.45, 7) is 3.63. The first-order valence-electron chi connectivity index (χ1n) is 10.3. The van der Waals surface area contributed by atoms with Crippen molar-refractivity contribution < 1.29 is 4.79 Å². The van der Waals surface area contributed by atoms with Gasteiger partial charge in [0, 0.05) is 25.3 Å². The van der Waals surface area contributed by atoms with E-state index in [1.807, 2.05) is 36.4 Å². The molecule has 9 heteroatoms. The van der Waals surface area contributed by atoms with Crippen LogP contribution in [0.1, 0.15) is 12.8 Å². The van der Waals surface area contributed by atoms with E-state index in [0.717, 1.165) is 43.5 Å². The number of pyridine rings is 1. The number of para-hydroxylation sites is 2. The van der Waals surface area contributed by atoms with Crippen LogP contribution in [0.2, 0.25) is 0 Å². The smallest absolute Gasteiger partial charge is 0.269 e. The van der Waals surface area contributed by atoms with Crippen molar-refractivity contribution in [2.24, 2.45) is 0 Å². The first kappa shape index (κ1) is 22.9. The molecule has 1 aliphatic heterocycles. The van der Waals surface area contributed by atoms with E-state index in [4.69, 9.17) is 0 Å². The molecule has 1 aromatic carbocycles. The molecular formula is C22H27ClN6O2. The zero-order valence-electron chi connectivity index (χ0n) is 17.2. The van der Waals surface area contributed by atoms with Crippen LogP contribution < -0.4 is 16.2 Å². The second-order valence-corrected chi connectivity index (χ2v) is 7.50. The molecule has 2 aromatic heterocycles. The molecule has 1 fully saturated rings. The maximum atomic E-state index is 12.3. The predicted octanol–water partition coefficient (Wildman–Crippen LogP) is 1.91. The monoisotopic (exact) mass is 442 g/mol. The van der Waals surface area contributed by atoms with E-state index < -0.39 is 0 Å². The van der Waals surface area contributed by atoms with Crippen LogP contribution in [0.3, 0.4) is 0 Å². The van der Waals surface area contributed by atoms with Crippen molar-refractivity contribution in [2.45, 2.75) is 25.4 Å². The Balaban J connectivity index is 0.00000272. The average Bonchev–Trinajstić information content (AvgIpc) is 2.78. The second kappa shape index (κ2) is 11.0. The van der Waals surface area contributed by atoms with Crippen LogP contribution in [0, 0.1) is 0 Å². The van der Waals surface area contributed by atoms with Gasteiger partial charge in [-0.1, -0.05) is 18.2 Å². The molecule has 0 atom stereocenters. The molecule has 164 valence electrons. The number of nitrogens with one attached hydrogen (secondary N) is 2. The van der Waals surface area contributed by atoms with Gasteiger partial charge in [0.05, 0.1) is 23.8 Å². The highest BCUT2D eigenvalue weighted by Gasteiger charge is 2.19. The van der Waals surface area contributed by atoms with Gasteiger partial charge in [0.1, 0.15) is 5.82 Å². The molecule has 3 heterocycles. The Labute approximate surface area is 187 Å². The van der Waals surface area contributed by atoms with Gasteiger partial charge in [-0.15, -0.1) is 12.4 Å². The van der Waals surface area contributed by atoms with Gasteiger partial charge < -0.3 is 20.1 Å². The topological polar surface area (TPSA) is 92.2 Å². The Morgan fingerprint density at radius 2 is 1.81 bits per heavy atom. The van der Waals surface area contributed by atoms with E-state index in [9.17, 15) is 9.59 Å². The number of hydrogen-bond acceptors (Lipinski definition) is 6. The van der Waals surface area contributed by atoms with Gasteiger partial charge in [-0.2, -0.15) is 0 Å². The number of halogens is 1. The van der Waals surface area contributed by atoms with Gasteiger partial charge in [0.15, 0.2) is 0 Å².